The Kier molecular flexibility index (Phi) is 5.44. The molecule has 1 aliphatic carbocycles. The summed E-state index contributed by atoms with van der Waals surface area (Å²) in [6.07, 6.45) is 2.36. The van der Waals surface area contributed by atoms with Gasteiger partial charge < -0.3 is 15.1 Å². The summed E-state index contributed by atoms with van der Waals surface area (Å²) in [4.78, 5) is 33.8. The van der Waals surface area contributed by atoms with Gasteiger partial charge in [-0.3, -0.25) is 9.59 Å². The van der Waals surface area contributed by atoms with Gasteiger partial charge in [0.05, 0.1) is 23.7 Å². The minimum Gasteiger partial charge on any atom is -0.353 e. The number of thioether (sulfide) groups is 1. The van der Waals surface area contributed by atoms with Gasteiger partial charge in [0, 0.05) is 30.9 Å². The van der Waals surface area contributed by atoms with Crippen LogP contribution in [0, 0.1) is 0 Å². The SMILES string of the molecule is CC1=C(C(=O)N(C)C)C(c2ccc(Cl)cc2)N2C(CC(=O)NC3CC3)=CSC2=N1. The zero-order valence-corrected chi connectivity index (χ0v) is 18.2. The van der Waals surface area contributed by atoms with E-state index in [0.29, 0.717) is 22.3 Å². The number of benzene rings is 1. The number of carbonyl (C=O) groups is 2. The van der Waals surface area contributed by atoms with E-state index in [-0.39, 0.29) is 24.3 Å². The van der Waals surface area contributed by atoms with E-state index in [2.05, 4.69) is 10.3 Å². The summed E-state index contributed by atoms with van der Waals surface area (Å²) in [6.45, 7) is 1.86. The molecular weight excluding hydrogens is 408 g/mol. The van der Waals surface area contributed by atoms with Crippen molar-refractivity contribution in [3.05, 3.63) is 57.2 Å². The van der Waals surface area contributed by atoms with Crippen LogP contribution >= 0.6 is 23.4 Å². The van der Waals surface area contributed by atoms with Crippen LogP contribution in [0.3, 0.4) is 0 Å². The Hall–Kier alpha value is -2.25. The summed E-state index contributed by atoms with van der Waals surface area (Å²) in [5.41, 5.74) is 3.09. The number of nitrogens with zero attached hydrogens (tertiary/aromatic N) is 3. The topological polar surface area (TPSA) is 65.0 Å². The van der Waals surface area contributed by atoms with Crippen molar-refractivity contribution in [3.8, 4) is 0 Å². The van der Waals surface area contributed by atoms with Crippen LogP contribution in [0.5, 0.6) is 0 Å². The number of amidine groups is 1. The molecule has 0 bridgehead atoms. The Morgan fingerprint density at radius 3 is 2.59 bits per heavy atom. The summed E-state index contributed by atoms with van der Waals surface area (Å²) in [6, 6.07) is 7.45. The van der Waals surface area contributed by atoms with Crippen molar-refractivity contribution in [2.24, 2.45) is 4.99 Å². The average Bonchev–Trinajstić information content (AvgIpc) is 3.40. The lowest BCUT2D eigenvalue weighted by Crippen LogP contribution is -2.40. The molecule has 0 spiro atoms. The second-order valence-electron chi connectivity index (χ2n) is 7.66. The van der Waals surface area contributed by atoms with E-state index in [1.165, 1.54) is 11.8 Å². The Morgan fingerprint density at radius 2 is 1.97 bits per heavy atom. The van der Waals surface area contributed by atoms with Crippen LogP contribution in [0.4, 0.5) is 0 Å². The molecule has 2 heterocycles. The van der Waals surface area contributed by atoms with Gasteiger partial charge in [0.1, 0.15) is 0 Å². The van der Waals surface area contributed by atoms with Crippen molar-refractivity contribution in [3.63, 3.8) is 0 Å². The standard InChI is InChI=1S/C21H23ClN4O2S/c1-12-18(20(28)25(2)3)19(13-4-6-14(22)7-5-13)26-16(11-29-21(26)23-12)10-17(27)24-15-8-9-15/h4-7,11,15,19H,8-10H2,1-3H3,(H,24,27). The molecular formula is C21H23ClN4O2S. The van der Waals surface area contributed by atoms with E-state index in [0.717, 1.165) is 29.3 Å². The van der Waals surface area contributed by atoms with E-state index in [1.807, 2.05) is 41.5 Å². The first kappa shape index (κ1) is 20.0. The van der Waals surface area contributed by atoms with Gasteiger partial charge in [-0.05, 0) is 42.9 Å². The van der Waals surface area contributed by atoms with Gasteiger partial charge in [-0.25, -0.2) is 4.99 Å². The molecule has 1 fully saturated rings. The highest BCUT2D eigenvalue weighted by Crippen LogP contribution is 2.45. The number of fused-ring (bicyclic) bond motifs is 1. The highest BCUT2D eigenvalue weighted by Gasteiger charge is 2.41. The van der Waals surface area contributed by atoms with Crippen molar-refractivity contribution in [1.82, 2.24) is 15.1 Å². The Labute approximate surface area is 179 Å². The predicted molar refractivity (Wildman–Crippen MR) is 116 cm³/mol. The van der Waals surface area contributed by atoms with Crippen LogP contribution in [0.1, 0.15) is 37.8 Å². The monoisotopic (exact) mass is 430 g/mol. The average molecular weight is 431 g/mol. The minimum atomic E-state index is -0.357. The number of allylic oxidation sites excluding steroid dienone is 1. The summed E-state index contributed by atoms with van der Waals surface area (Å²) in [5, 5.41) is 6.42. The fourth-order valence-corrected chi connectivity index (χ4v) is 4.61. The molecule has 1 N–H and O–H groups in total. The summed E-state index contributed by atoms with van der Waals surface area (Å²) >= 11 is 7.59. The third-order valence-corrected chi connectivity index (χ3v) is 6.25. The van der Waals surface area contributed by atoms with Crippen LogP contribution in [-0.4, -0.2) is 46.9 Å². The van der Waals surface area contributed by atoms with Crippen molar-refractivity contribution in [2.75, 3.05) is 14.1 Å². The number of hydrogen-bond donors (Lipinski definition) is 1. The van der Waals surface area contributed by atoms with Crippen molar-refractivity contribution in [1.29, 1.82) is 0 Å². The summed E-state index contributed by atoms with van der Waals surface area (Å²) in [5.74, 6) is -0.0915. The van der Waals surface area contributed by atoms with Crippen LogP contribution in [0.15, 0.2) is 51.6 Å². The first-order chi connectivity index (χ1) is 13.8. The lowest BCUT2D eigenvalue weighted by atomic mass is 9.93. The highest BCUT2D eigenvalue weighted by molar-refractivity contribution is 8.16. The van der Waals surface area contributed by atoms with Crippen molar-refractivity contribution in [2.45, 2.75) is 38.3 Å². The van der Waals surface area contributed by atoms with Crippen molar-refractivity contribution < 1.29 is 9.59 Å². The fraction of sp³-hybridized carbons (Fsp3) is 0.381. The third kappa shape index (κ3) is 4.07. The number of rotatable bonds is 5. The molecule has 3 aliphatic rings. The van der Waals surface area contributed by atoms with Gasteiger partial charge in [0.2, 0.25) is 5.91 Å². The molecule has 0 saturated heterocycles. The van der Waals surface area contributed by atoms with Crippen LogP contribution in [-0.2, 0) is 9.59 Å². The van der Waals surface area contributed by atoms with Gasteiger partial charge in [0.25, 0.3) is 5.91 Å². The molecule has 0 aromatic heterocycles. The molecule has 29 heavy (non-hydrogen) atoms. The Bertz CT molecular complexity index is 948. The van der Waals surface area contributed by atoms with Crippen molar-refractivity contribution >= 4 is 40.3 Å². The molecule has 6 nitrogen and oxygen atoms in total. The zero-order chi connectivity index (χ0) is 20.7. The Morgan fingerprint density at radius 1 is 1.28 bits per heavy atom. The molecule has 2 amide bonds. The van der Waals surface area contributed by atoms with E-state index >= 15 is 0 Å². The van der Waals surface area contributed by atoms with E-state index in [4.69, 9.17) is 11.6 Å². The maximum Gasteiger partial charge on any atom is 0.253 e. The third-order valence-electron chi connectivity index (χ3n) is 5.11. The maximum atomic E-state index is 13.1. The summed E-state index contributed by atoms with van der Waals surface area (Å²) in [7, 11) is 3.47. The number of carbonyl (C=O) groups excluding carboxylic acids is 2. The van der Waals surface area contributed by atoms with Crippen LogP contribution < -0.4 is 5.32 Å². The molecule has 1 unspecified atom stereocenters. The van der Waals surface area contributed by atoms with Gasteiger partial charge >= 0.3 is 0 Å². The maximum absolute atomic E-state index is 13.1. The predicted octanol–water partition coefficient (Wildman–Crippen LogP) is 3.67. The largest absolute Gasteiger partial charge is 0.353 e. The highest BCUT2D eigenvalue weighted by atomic mass is 35.5. The zero-order valence-electron chi connectivity index (χ0n) is 16.6. The number of hydrogen-bond acceptors (Lipinski definition) is 5. The van der Waals surface area contributed by atoms with E-state index in [1.54, 1.807) is 19.0 Å². The number of aliphatic imine (C=N–C) groups is 1. The second-order valence-corrected chi connectivity index (χ2v) is 8.94. The van der Waals surface area contributed by atoms with Gasteiger partial charge in [-0.2, -0.15) is 0 Å². The first-order valence-electron chi connectivity index (χ1n) is 9.56. The quantitative estimate of drug-likeness (QED) is 0.774. The molecule has 152 valence electrons. The summed E-state index contributed by atoms with van der Waals surface area (Å²) < 4.78 is 0. The second kappa shape index (κ2) is 7.88. The molecule has 1 aromatic rings. The molecule has 0 radical (unpaired) electrons. The number of amides is 2. The molecule has 1 atom stereocenters. The number of nitrogens with one attached hydrogen (secondary N) is 1. The number of halogens is 1. The van der Waals surface area contributed by atoms with Crippen LogP contribution in [0.25, 0.3) is 0 Å². The number of likely N-dealkylation sites (N-methyl/N-ethyl adjacent to an activating group) is 1. The Balaban J connectivity index is 1.72. The minimum absolute atomic E-state index is 0.00205. The lowest BCUT2D eigenvalue weighted by molar-refractivity contribution is -0.125. The molecule has 4 rings (SSSR count). The first-order valence-corrected chi connectivity index (χ1v) is 10.8. The van der Waals surface area contributed by atoms with Gasteiger partial charge in [0.15, 0.2) is 5.17 Å². The van der Waals surface area contributed by atoms with Gasteiger partial charge in [-0.15, -0.1) is 0 Å². The molecule has 1 aromatic carbocycles. The normalized spacial score (nSPS) is 20.8. The smallest absolute Gasteiger partial charge is 0.253 e. The molecule has 1 saturated carbocycles. The molecule has 2 aliphatic heterocycles. The molecule has 8 heteroatoms. The van der Waals surface area contributed by atoms with Crippen LogP contribution in [0.2, 0.25) is 5.02 Å². The lowest BCUT2D eigenvalue weighted by Gasteiger charge is -2.37. The van der Waals surface area contributed by atoms with E-state index < -0.39 is 0 Å². The van der Waals surface area contributed by atoms with E-state index in [9.17, 15) is 9.59 Å². The van der Waals surface area contributed by atoms with Gasteiger partial charge in [-0.1, -0.05) is 35.5 Å². The fourth-order valence-electron chi connectivity index (χ4n) is 3.52.